The Morgan fingerprint density at radius 3 is 3.05 bits per heavy atom. The van der Waals surface area contributed by atoms with Crippen molar-refractivity contribution in [3.05, 3.63) is 47.0 Å². The number of imidazole rings is 1. The van der Waals surface area contributed by atoms with E-state index in [1.807, 2.05) is 25.5 Å². The fourth-order valence-corrected chi connectivity index (χ4v) is 2.82. The van der Waals surface area contributed by atoms with Crippen LogP contribution in [0.2, 0.25) is 5.02 Å². The van der Waals surface area contributed by atoms with E-state index in [2.05, 4.69) is 31.9 Å². The van der Waals surface area contributed by atoms with Gasteiger partial charge in [-0.3, -0.25) is 0 Å². The molecule has 0 aliphatic carbocycles. The number of hydrogen-bond donors (Lipinski definition) is 1. The summed E-state index contributed by atoms with van der Waals surface area (Å²) in [6, 6.07) is 6.26. The number of rotatable bonds is 3. The van der Waals surface area contributed by atoms with E-state index >= 15 is 0 Å². The molecule has 2 heterocycles. The van der Waals surface area contributed by atoms with Crippen molar-refractivity contribution in [1.82, 2.24) is 14.9 Å². The third kappa shape index (κ3) is 2.46. The van der Waals surface area contributed by atoms with Crippen LogP contribution in [0.3, 0.4) is 0 Å². The van der Waals surface area contributed by atoms with Gasteiger partial charge in [0.2, 0.25) is 0 Å². The zero-order valence-electron chi connectivity index (χ0n) is 10.9. The first-order valence-electron chi connectivity index (χ1n) is 6.46. The topological polar surface area (TPSA) is 33.1 Å². The van der Waals surface area contributed by atoms with Crippen molar-refractivity contribution in [3.63, 3.8) is 0 Å². The number of nitrogens with one attached hydrogen (secondary N) is 1. The molecule has 19 heavy (non-hydrogen) atoms. The molecule has 0 fully saturated rings. The van der Waals surface area contributed by atoms with Crippen molar-refractivity contribution in [3.8, 4) is 0 Å². The maximum atomic E-state index is 6.40. The highest BCUT2D eigenvalue weighted by atomic mass is 35.5. The van der Waals surface area contributed by atoms with Gasteiger partial charge < -0.3 is 14.8 Å². The fourth-order valence-electron chi connectivity index (χ4n) is 2.50. The first-order chi connectivity index (χ1) is 9.28. The highest BCUT2D eigenvalue weighted by molar-refractivity contribution is 6.33. The summed E-state index contributed by atoms with van der Waals surface area (Å²) in [5, 5.41) is 3.95. The number of halogens is 1. The highest BCUT2D eigenvalue weighted by Gasteiger charge is 2.18. The number of fused-ring (bicyclic) bond motifs is 1. The van der Waals surface area contributed by atoms with Crippen LogP contribution in [0.15, 0.2) is 30.6 Å². The van der Waals surface area contributed by atoms with Crippen molar-refractivity contribution in [2.45, 2.75) is 19.6 Å². The Bertz CT molecular complexity index is 579. The average Bonchev–Trinajstić information content (AvgIpc) is 2.86. The molecule has 1 N–H and O–H groups in total. The van der Waals surface area contributed by atoms with Gasteiger partial charge in [0.1, 0.15) is 5.82 Å². The average molecular weight is 277 g/mol. The van der Waals surface area contributed by atoms with Gasteiger partial charge in [0.25, 0.3) is 0 Å². The first kappa shape index (κ1) is 12.5. The second-order valence-electron chi connectivity index (χ2n) is 4.77. The minimum atomic E-state index is 0.813. The third-order valence-corrected chi connectivity index (χ3v) is 3.78. The van der Waals surface area contributed by atoms with Crippen LogP contribution >= 0.6 is 11.6 Å². The summed E-state index contributed by atoms with van der Waals surface area (Å²) < 4.78 is 2.19. The lowest BCUT2D eigenvalue weighted by Gasteiger charge is -2.30. The molecule has 1 aliphatic rings. The van der Waals surface area contributed by atoms with Gasteiger partial charge in [-0.1, -0.05) is 17.7 Å². The second kappa shape index (κ2) is 5.23. The Kier molecular flexibility index (Phi) is 3.44. The molecule has 2 aromatic rings. The predicted molar refractivity (Wildman–Crippen MR) is 77.5 cm³/mol. The summed E-state index contributed by atoms with van der Waals surface area (Å²) in [4.78, 5) is 6.66. The van der Waals surface area contributed by atoms with Crippen LogP contribution in [0, 0.1) is 0 Å². The molecule has 0 bridgehead atoms. The van der Waals surface area contributed by atoms with E-state index in [9.17, 15) is 0 Å². The number of anilines is 1. The van der Waals surface area contributed by atoms with Gasteiger partial charge in [-0.05, 0) is 24.7 Å². The molecule has 0 radical (unpaired) electrons. The lowest BCUT2D eigenvalue weighted by Crippen LogP contribution is -2.33. The van der Waals surface area contributed by atoms with Gasteiger partial charge in [0, 0.05) is 32.0 Å². The Morgan fingerprint density at radius 1 is 1.37 bits per heavy atom. The van der Waals surface area contributed by atoms with Crippen LogP contribution in [0.4, 0.5) is 5.69 Å². The molecule has 0 saturated heterocycles. The zero-order valence-corrected chi connectivity index (χ0v) is 11.7. The van der Waals surface area contributed by atoms with E-state index in [4.69, 9.17) is 11.6 Å². The van der Waals surface area contributed by atoms with E-state index in [1.165, 1.54) is 5.56 Å². The molecule has 1 aromatic carbocycles. The van der Waals surface area contributed by atoms with Crippen molar-refractivity contribution >= 4 is 17.3 Å². The predicted octanol–water partition coefficient (Wildman–Crippen LogP) is 2.28. The van der Waals surface area contributed by atoms with Crippen LogP contribution in [0.25, 0.3) is 0 Å². The molecule has 0 amide bonds. The van der Waals surface area contributed by atoms with E-state index in [-0.39, 0.29) is 0 Å². The van der Waals surface area contributed by atoms with Crippen LogP contribution in [-0.2, 0) is 19.6 Å². The molecule has 0 unspecified atom stereocenters. The number of hydrogen-bond acceptors (Lipinski definition) is 3. The minimum Gasteiger partial charge on any atom is -0.361 e. The second-order valence-corrected chi connectivity index (χ2v) is 5.18. The molecule has 1 aliphatic heterocycles. The maximum absolute atomic E-state index is 6.40. The first-order valence-corrected chi connectivity index (χ1v) is 6.83. The normalized spacial score (nSPS) is 14.5. The van der Waals surface area contributed by atoms with Gasteiger partial charge in [-0.2, -0.15) is 0 Å². The van der Waals surface area contributed by atoms with E-state index < -0.39 is 0 Å². The Balaban J connectivity index is 1.83. The van der Waals surface area contributed by atoms with Crippen LogP contribution < -0.4 is 10.2 Å². The van der Waals surface area contributed by atoms with Gasteiger partial charge in [-0.25, -0.2) is 4.98 Å². The van der Waals surface area contributed by atoms with Crippen molar-refractivity contribution < 1.29 is 0 Å². The summed E-state index contributed by atoms with van der Waals surface area (Å²) in [6.45, 7) is 3.58. The quantitative estimate of drug-likeness (QED) is 0.934. The molecule has 100 valence electrons. The van der Waals surface area contributed by atoms with Crippen molar-refractivity contribution in [2.24, 2.45) is 0 Å². The maximum Gasteiger partial charge on any atom is 0.128 e. The molecule has 5 heteroatoms. The minimum absolute atomic E-state index is 0.813. The molecule has 4 nitrogen and oxygen atoms in total. The molecule has 0 atom stereocenters. The van der Waals surface area contributed by atoms with Gasteiger partial charge in [-0.15, -0.1) is 0 Å². The van der Waals surface area contributed by atoms with E-state index in [0.717, 1.165) is 42.7 Å². The van der Waals surface area contributed by atoms with Gasteiger partial charge >= 0.3 is 0 Å². The van der Waals surface area contributed by atoms with Crippen molar-refractivity contribution in [2.75, 3.05) is 18.5 Å². The van der Waals surface area contributed by atoms with Crippen LogP contribution in [0.5, 0.6) is 0 Å². The number of aromatic nitrogens is 2. The Labute approximate surface area is 118 Å². The van der Waals surface area contributed by atoms with E-state index in [0.29, 0.717) is 0 Å². The lowest BCUT2D eigenvalue weighted by atomic mass is 10.2. The van der Waals surface area contributed by atoms with Gasteiger partial charge in [0.15, 0.2) is 0 Å². The summed E-state index contributed by atoms with van der Waals surface area (Å²) in [6.07, 6.45) is 3.89. The highest BCUT2D eigenvalue weighted by Crippen LogP contribution is 2.29. The van der Waals surface area contributed by atoms with Crippen molar-refractivity contribution in [1.29, 1.82) is 0 Å². The lowest BCUT2D eigenvalue weighted by molar-refractivity contribution is 0.560. The smallest absolute Gasteiger partial charge is 0.128 e. The van der Waals surface area contributed by atoms with E-state index in [1.54, 1.807) is 0 Å². The fraction of sp³-hybridized carbons (Fsp3) is 0.357. The molecule has 0 spiro atoms. The SMILES string of the molecule is CNCc1ccc(N2CCn3ccnc3C2)c(Cl)c1. The monoisotopic (exact) mass is 276 g/mol. The molecular weight excluding hydrogens is 260 g/mol. The van der Waals surface area contributed by atoms with Crippen LogP contribution in [0.1, 0.15) is 11.4 Å². The standard InChI is InChI=1S/C14H17ClN4/c1-16-9-11-2-3-13(12(15)8-11)19-7-6-18-5-4-17-14(18)10-19/h2-5,8,16H,6-7,9-10H2,1H3. The molecule has 0 saturated carbocycles. The summed E-state index contributed by atoms with van der Waals surface area (Å²) in [5.41, 5.74) is 2.30. The van der Waals surface area contributed by atoms with Gasteiger partial charge in [0.05, 0.1) is 17.3 Å². The number of benzene rings is 1. The zero-order chi connectivity index (χ0) is 13.2. The largest absolute Gasteiger partial charge is 0.361 e. The third-order valence-electron chi connectivity index (χ3n) is 3.48. The Hall–Kier alpha value is -1.52. The summed E-state index contributed by atoms with van der Waals surface area (Å²) in [7, 11) is 1.94. The summed E-state index contributed by atoms with van der Waals surface area (Å²) >= 11 is 6.40. The Morgan fingerprint density at radius 2 is 2.26 bits per heavy atom. The number of nitrogens with zero attached hydrogens (tertiary/aromatic N) is 3. The molecule has 3 rings (SSSR count). The molecule has 1 aromatic heterocycles. The molecular formula is C14H17ClN4. The summed E-state index contributed by atoms with van der Waals surface area (Å²) in [5.74, 6) is 1.10. The van der Waals surface area contributed by atoms with Crippen LogP contribution in [-0.4, -0.2) is 23.1 Å².